The molecule has 2 rings (SSSR count). The van der Waals surface area contributed by atoms with Gasteiger partial charge in [0, 0.05) is 39.6 Å². The highest BCUT2D eigenvalue weighted by molar-refractivity contribution is 5.81. The van der Waals surface area contributed by atoms with Crippen LogP contribution >= 0.6 is 0 Å². The molecular weight excluding hydrogens is 242 g/mol. The van der Waals surface area contributed by atoms with E-state index in [1.54, 1.807) is 19.0 Å². The van der Waals surface area contributed by atoms with Crippen LogP contribution in [0.3, 0.4) is 0 Å². The summed E-state index contributed by atoms with van der Waals surface area (Å²) in [5, 5.41) is 3.29. The summed E-state index contributed by atoms with van der Waals surface area (Å²) < 4.78 is 0. The highest BCUT2D eigenvalue weighted by Crippen LogP contribution is 2.22. The van der Waals surface area contributed by atoms with Crippen LogP contribution in [0.5, 0.6) is 0 Å². The van der Waals surface area contributed by atoms with E-state index in [2.05, 4.69) is 5.32 Å². The molecule has 0 aromatic carbocycles. The summed E-state index contributed by atoms with van der Waals surface area (Å²) in [6.07, 6.45) is 3.71. The minimum absolute atomic E-state index is 0.100. The van der Waals surface area contributed by atoms with E-state index < -0.39 is 0 Å². The van der Waals surface area contributed by atoms with Crippen LogP contribution in [0.1, 0.15) is 25.7 Å². The van der Waals surface area contributed by atoms with E-state index in [4.69, 9.17) is 0 Å². The summed E-state index contributed by atoms with van der Waals surface area (Å²) in [4.78, 5) is 27.9. The number of piperidine rings is 2. The number of hydrogen-bond donors (Lipinski definition) is 1. The molecule has 2 saturated heterocycles. The molecule has 2 heterocycles. The molecule has 2 aliphatic rings. The van der Waals surface area contributed by atoms with Gasteiger partial charge < -0.3 is 15.1 Å². The number of nitrogens with zero attached hydrogens (tertiary/aromatic N) is 2. The molecule has 0 unspecified atom stereocenters. The summed E-state index contributed by atoms with van der Waals surface area (Å²) in [7, 11) is 3.60. The van der Waals surface area contributed by atoms with Gasteiger partial charge in [0.2, 0.25) is 11.8 Å². The summed E-state index contributed by atoms with van der Waals surface area (Å²) >= 11 is 0. The third-order valence-corrected chi connectivity index (χ3v) is 4.24. The maximum atomic E-state index is 12.4. The van der Waals surface area contributed by atoms with Gasteiger partial charge in [0.05, 0.1) is 5.92 Å². The number of hydrogen-bond acceptors (Lipinski definition) is 3. The quantitative estimate of drug-likeness (QED) is 0.783. The van der Waals surface area contributed by atoms with Crippen LogP contribution in [0.15, 0.2) is 0 Å². The van der Waals surface area contributed by atoms with Gasteiger partial charge in [0.15, 0.2) is 0 Å². The highest BCUT2D eigenvalue weighted by Gasteiger charge is 2.31. The van der Waals surface area contributed by atoms with E-state index in [1.165, 1.54) is 0 Å². The normalized spacial score (nSPS) is 25.2. The van der Waals surface area contributed by atoms with Gasteiger partial charge in [-0.05, 0) is 32.2 Å². The lowest BCUT2D eigenvalue weighted by atomic mass is 9.92. The van der Waals surface area contributed by atoms with Gasteiger partial charge in [-0.25, -0.2) is 0 Å². The lowest BCUT2D eigenvalue weighted by Crippen LogP contribution is -2.47. The molecule has 0 spiro atoms. The molecule has 1 atom stereocenters. The second-order valence-corrected chi connectivity index (χ2v) is 5.88. The maximum Gasteiger partial charge on any atom is 0.226 e. The molecule has 0 aliphatic carbocycles. The molecule has 0 aromatic rings. The Kier molecular flexibility index (Phi) is 4.80. The van der Waals surface area contributed by atoms with Crippen molar-refractivity contribution in [2.24, 2.45) is 11.8 Å². The molecule has 2 aliphatic heterocycles. The van der Waals surface area contributed by atoms with Crippen LogP contribution in [-0.4, -0.2) is 61.9 Å². The van der Waals surface area contributed by atoms with Gasteiger partial charge in [-0.2, -0.15) is 0 Å². The van der Waals surface area contributed by atoms with E-state index in [1.807, 2.05) is 4.90 Å². The van der Waals surface area contributed by atoms with Gasteiger partial charge in [-0.1, -0.05) is 0 Å². The van der Waals surface area contributed by atoms with Crippen molar-refractivity contribution >= 4 is 11.8 Å². The number of carbonyl (C=O) groups excluding carboxylic acids is 2. The summed E-state index contributed by atoms with van der Waals surface area (Å²) in [6.45, 7) is 3.32. The van der Waals surface area contributed by atoms with Crippen molar-refractivity contribution in [3.8, 4) is 0 Å². The molecule has 0 aromatic heterocycles. The van der Waals surface area contributed by atoms with E-state index >= 15 is 0 Å². The fourth-order valence-corrected chi connectivity index (χ4v) is 3.03. The minimum Gasteiger partial charge on any atom is -0.349 e. The summed E-state index contributed by atoms with van der Waals surface area (Å²) in [5.74, 6) is 0.729. The molecular formula is C14H25N3O2. The Morgan fingerprint density at radius 2 is 1.79 bits per heavy atom. The molecule has 5 nitrogen and oxygen atoms in total. The standard InChI is InChI=1S/C14H25N3O2/c1-16(2)13(18)11-5-8-17(9-6-11)14(19)12-4-3-7-15-10-12/h11-12,15H,3-10H2,1-2H3/t12-/m1/s1. The largest absolute Gasteiger partial charge is 0.349 e. The first-order chi connectivity index (χ1) is 9.09. The molecule has 2 amide bonds. The van der Waals surface area contributed by atoms with Gasteiger partial charge in [-0.3, -0.25) is 9.59 Å². The Bertz CT molecular complexity index is 330. The highest BCUT2D eigenvalue weighted by atomic mass is 16.2. The van der Waals surface area contributed by atoms with Crippen LogP contribution in [0.25, 0.3) is 0 Å². The first-order valence-electron chi connectivity index (χ1n) is 7.30. The molecule has 1 N–H and O–H groups in total. The Labute approximate surface area is 115 Å². The van der Waals surface area contributed by atoms with E-state index in [-0.39, 0.29) is 23.7 Å². The Balaban J connectivity index is 1.82. The summed E-state index contributed by atoms with van der Waals surface area (Å²) in [5.41, 5.74) is 0. The van der Waals surface area contributed by atoms with E-state index in [9.17, 15) is 9.59 Å². The Morgan fingerprint density at radius 1 is 1.11 bits per heavy atom. The van der Waals surface area contributed by atoms with Crippen molar-refractivity contribution in [2.75, 3.05) is 40.3 Å². The lowest BCUT2D eigenvalue weighted by molar-refractivity contribution is -0.141. The van der Waals surface area contributed by atoms with Crippen LogP contribution < -0.4 is 5.32 Å². The van der Waals surface area contributed by atoms with Crippen LogP contribution in [0, 0.1) is 11.8 Å². The van der Waals surface area contributed by atoms with E-state index in [0.717, 1.165) is 51.9 Å². The lowest BCUT2D eigenvalue weighted by Gasteiger charge is -2.35. The summed E-state index contributed by atoms with van der Waals surface area (Å²) in [6, 6.07) is 0. The monoisotopic (exact) mass is 267 g/mol. The molecule has 0 radical (unpaired) electrons. The molecule has 5 heteroatoms. The molecule has 0 bridgehead atoms. The fraction of sp³-hybridized carbons (Fsp3) is 0.857. The number of amides is 2. The number of likely N-dealkylation sites (tertiary alicyclic amines) is 1. The first-order valence-corrected chi connectivity index (χ1v) is 7.30. The van der Waals surface area contributed by atoms with Gasteiger partial charge in [0.1, 0.15) is 0 Å². The zero-order valence-electron chi connectivity index (χ0n) is 12.0. The fourth-order valence-electron chi connectivity index (χ4n) is 3.03. The zero-order valence-corrected chi connectivity index (χ0v) is 12.0. The topological polar surface area (TPSA) is 52.7 Å². The Hall–Kier alpha value is -1.10. The van der Waals surface area contributed by atoms with Crippen molar-refractivity contribution in [3.63, 3.8) is 0 Å². The molecule has 108 valence electrons. The van der Waals surface area contributed by atoms with Gasteiger partial charge in [-0.15, -0.1) is 0 Å². The van der Waals surface area contributed by atoms with Crippen LogP contribution in [0.4, 0.5) is 0 Å². The smallest absolute Gasteiger partial charge is 0.226 e. The number of rotatable bonds is 2. The van der Waals surface area contributed by atoms with Crippen LogP contribution in [0.2, 0.25) is 0 Å². The van der Waals surface area contributed by atoms with Gasteiger partial charge in [0.25, 0.3) is 0 Å². The van der Waals surface area contributed by atoms with Gasteiger partial charge >= 0.3 is 0 Å². The second kappa shape index (κ2) is 6.37. The SMILES string of the molecule is CN(C)C(=O)C1CCN(C(=O)[C@@H]2CCCNC2)CC1. The maximum absolute atomic E-state index is 12.4. The van der Waals surface area contributed by atoms with Crippen molar-refractivity contribution in [1.82, 2.24) is 15.1 Å². The predicted octanol–water partition coefficient (Wildman–Crippen LogP) is 0.313. The molecule has 19 heavy (non-hydrogen) atoms. The third-order valence-electron chi connectivity index (χ3n) is 4.24. The minimum atomic E-state index is 0.100. The van der Waals surface area contributed by atoms with Crippen molar-refractivity contribution in [2.45, 2.75) is 25.7 Å². The first kappa shape index (κ1) is 14.3. The number of nitrogens with one attached hydrogen (secondary N) is 1. The second-order valence-electron chi connectivity index (χ2n) is 5.88. The molecule has 0 saturated carbocycles. The Morgan fingerprint density at radius 3 is 2.32 bits per heavy atom. The predicted molar refractivity (Wildman–Crippen MR) is 73.6 cm³/mol. The average Bonchev–Trinajstić information content (AvgIpc) is 2.46. The zero-order chi connectivity index (χ0) is 13.8. The van der Waals surface area contributed by atoms with Crippen molar-refractivity contribution in [1.29, 1.82) is 0 Å². The van der Waals surface area contributed by atoms with Crippen molar-refractivity contribution < 1.29 is 9.59 Å². The van der Waals surface area contributed by atoms with Crippen molar-refractivity contribution in [3.05, 3.63) is 0 Å². The average molecular weight is 267 g/mol. The molecule has 2 fully saturated rings. The number of carbonyl (C=O) groups is 2. The third kappa shape index (κ3) is 3.47. The van der Waals surface area contributed by atoms with Crippen LogP contribution in [-0.2, 0) is 9.59 Å². The van der Waals surface area contributed by atoms with E-state index in [0.29, 0.717) is 0 Å².